The summed E-state index contributed by atoms with van der Waals surface area (Å²) in [4.78, 5) is 39.4. The molecule has 1 saturated heterocycles. The van der Waals surface area contributed by atoms with Crippen molar-refractivity contribution in [3.63, 3.8) is 0 Å². The molecule has 3 N–H and O–H groups in total. The summed E-state index contributed by atoms with van der Waals surface area (Å²) in [7, 11) is 0. The molecule has 1 aromatic heterocycles. The second-order valence-electron chi connectivity index (χ2n) is 6.57. The lowest BCUT2D eigenvalue weighted by atomic mass is 10.0. The lowest BCUT2D eigenvalue weighted by Crippen LogP contribution is -2.53. The molecule has 1 fully saturated rings. The average molecular weight is 335 g/mol. The minimum Gasteiger partial charge on any atom is -0.368 e. The molecule has 0 radical (unpaired) electrons. The molecule has 1 aliphatic rings. The second-order valence-corrected chi connectivity index (χ2v) is 6.57. The fourth-order valence-corrected chi connectivity index (χ4v) is 2.59. The van der Waals surface area contributed by atoms with Gasteiger partial charge in [-0.1, -0.05) is 13.8 Å². The van der Waals surface area contributed by atoms with Gasteiger partial charge in [0.15, 0.2) is 5.78 Å². The van der Waals surface area contributed by atoms with Crippen molar-refractivity contribution in [1.29, 1.82) is 0 Å². The van der Waals surface area contributed by atoms with Gasteiger partial charge in [-0.15, -0.1) is 0 Å². The largest absolute Gasteiger partial charge is 0.368 e. The molecule has 1 aromatic rings. The Morgan fingerprint density at radius 2 is 2.12 bits per heavy atom. The number of amides is 2. The number of carbonyl (C=O) groups excluding carboxylic acids is 3. The van der Waals surface area contributed by atoms with Crippen molar-refractivity contribution in [2.45, 2.75) is 51.8 Å². The van der Waals surface area contributed by atoms with E-state index in [0.29, 0.717) is 17.9 Å². The van der Waals surface area contributed by atoms with E-state index in [9.17, 15) is 14.4 Å². The van der Waals surface area contributed by atoms with Gasteiger partial charge in [-0.05, 0) is 31.7 Å². The molecule has 0 bridgehead atoms. The molecule has 7 nitrogen and oxygen atoms in total. The van der Waals surface area contributed by atoms with Gasteiger partial charge < -0.3 is 20.4 Å². The number of aromatic amines is 1. The number of carbonyl (C=O) groups is 3. The predicted molar refractivity (Wildman–Crippen MR) is 88.5 cm³/mol. The van der Waals surface area contributed by atoms with E-state index >= 15 is 0 Å². The van der Waals surface area contributed by atoms with Gasteiger partial charge in [0, 0.05) is 12.4 Å². The first-order valence-corrected chi connectivity index (χ1v) is 8.26. The van der Waals surface area contributed by atoms with Crippen LogP contribution in [0, 0.1) is 5.92 Å². The maximum atomic E-state index is 12.6. The summed E-state index contributed by atoms with van der Waals surface area (Å²) < 4.78 is 5.24. The van der Waals surface area contributed by atoms with Crippen molar-refractivity contribution >= 4 is 17.6 Å². The molecule has 2 heterocycles. The maximum Gasteiger partial charge on any atom is 0.253 e. The zero-order chi connectivity index (χ0) is 17.7. The fraction of sp³-hybridized carbons (Fsp3) is 0.588. The van der Waals surface area contributed by atoms with Crippen molar-refractivity contribution < 1.29 is 19.1 Å². The van der Waals surface area contributed by atoms with E-state index in [0.717, 1.165) is 6.42 Å². The van der Waals surface area contributed by atoms with Crippen LogP contribution in [0.25, 0.3) is 0 Å². The first-order valence-electron chi connectivity index (χ1n) is 8.26. The van der Waals surface area contributed by atoms with Crippen LogP contribution in [0.4, 0.5) is 0 Å². The summed E-state index contributed by atoms with van der Waals surface area (Å²) in [6.07, 6.45) is 4.16. The highest BCUT2D eigenvalue weighted by atomic mass is 16.5. The van der Waals surface area contributed by atoms with Crippen LogP contribution in [0.5, 0.6) is 0 Å². The van der Waals surface area contributed by atoms with E-state index in [2.05, 4.69) is 29.5 Å². The van der Waals surface area contributed by atoms with Crippen molar-refractivity contribution in [3.05, 3.63) is 24.0 Å². The SMILES string of the molecule is CC(C)CC[C@H](NC(=O)c1cc[nH]c1)C(=O)N[C@@H]1C(=O)CO[C@H]1C. The van der Waals surface area contributed by atoms with Crippen LogP contribution in [-0.4, -0.2) is 47.4 Å². The molecule has 0 spiro atoms. The minimum absolute atomic E-state index is 0.0124. The molecule has 3 atom stereocenters. The van der Waals surface area contributed by atoms with Crippen molar-refractivity contribution in [3.8, 4) is 0 Å². The zero-order valence-corrected chi connectivity index (χ0v) is 14.3. The minimum atomic E-state index is -0.685. The number of H-pyrrole nitrogens is 1. The number of ketones is 1. The molecule has 2 amide bonds. The summed E-state index contributed by atoms with van der Waals surface area (Å²) in [5, 5.41) is 5.47. The lowest BCUT2D eigenvalue weighted by Gasteiger charge is -2.22. The molecule has 0 unspecified atom stereocenters. The second kappa shape index (κ2) is 8.10. The highest BCUT2D eigenvalue weighted by Crippen LogP contribution is 2.12. The normalized spacial score (nSPS) is 21.8. The van der Waals surface area contributed by atoms with Crippen molar-refractivity contribution in [1.82, 2.24) is 15.6 Å². The molecular weight excluding hydrogens is 310 g/mol. The molecule has 0 aromatic carbocycles. The van der Waals surface area contributed by atoms with Crippen LogP contribution in [0.15, 0.2) is 18.5 Å². The number of ether oxygens (including phenoxy) is 1. The average Bonchev–Trinajstić information content (AvgIpc) is 3.16. The molecule has 7 heteroatoms. The van der Waals surface area contributed by atoms with Crippen LogP contribution in [-0.2, 0) is 14.3 Å². The highest BCUT2D eigenvalue weighted by molar-refractivity contribution is 5.98. The Morgan fingerprint density at radius 3 is 2.67 bits per heavy atom. The van der Waals surface area contributed by atoms with Gasteiger partial charge in [-0.3, -0.25) is 14.4 Å². The third kappa shape index (κ3) is 4.67. The van der Waals surface area contributed by atoms with Gasteiger partial charge in [-0.25, -0.2) is 0 Å². The molecule has 0 saturated carbocycles. The molecular formula is C17H25N3O4. The molecule has 2 rings (SSSR count). The Hall–Kier alpha value is -2.15. The van der Waals surface area contributed by atoms with Gasteiger partial charge in [0.05, 0.1) is 11.7 Å². The van der Waals surface area contributed by atoms with E-state index in [-0.39, 0.29) is 30.3 Å². The number of nitrogens with one attached hydrogen (secondary N) is 3. The summed E-state index contributed by atoms with van der Waals surface area (Å²) in [6.45, 7) is 5.87. The van der Waals surface area contributed by atoms with Gasteiger partial charge in [-0.2, -0.15) is 0 Å². The smallest absolute Gasteiger partial charge is 0.253 e. The van der Waals surface area contributed by atoms with Crippen LogP contribution >= 0.6 is 0 Å². The maximum absolute atomic E-state index is 12.6. The number of hydrogen-bond donors (Lipinski definition) is 3. The van der Waals surface area contributed by atoms with Crippen molar-refractivity contribution in [2.75, 3.05) is 6.61 Å². The van der Waals surface area contributed by atoms with Gasteiger partial charge >= 0.3 is 0 Å². The zero-order valence-electron chi connectivity index (χ0n) is 14.3. The summed E-state index contributed by atoms with van der Waals surface area (Å²) in [5.74, 6) is -0.410. The number of Topliss-reactive ketones (excluding diaryl/α,β-unsaturated/α-hetero) is 1. The van der Waals surface area contributed by atoms with Gasteiger partial charge in [0.1, 0.15) is 18.7 Å². The molecule has 0 aliphatic carbocycles. The predicted octanol–water partition coefficient (Wildman–Crippen LogP) is 1.02. The molecule has 132 valence electrons. The Kier molecular flexibility index (Phi) is 6.14. The summed E-state index contributed by atoms with van der Waals surface area (Å²) in [6, 6.07) is 0.307. The topological polar surface area (TPSA) is 100 Å². The summed E-state index contributed by atoms with van der Waals surface area (Å²) in [5.41, 5.74) is 0.464. The highest BCUT2D eigenvalue weighted by Gasteiger charge is 2.35. The Morgan fingerprint density at radius 1 is 1.38 bits per heavy atom. The lowest BCUT2D eigenvalue weighted by molar-refractivity contribution is -0.127. The monoisotopic (exact) mass is 335 g/mol. The molecule has 24 heavy (non-hydrogen) atoms. The quantitative estimate of drug-likeness (QED) is 0.692. The van der Waals surface area contributed by atoms with Gasteiger partial charge in [0.25, 0.3) is 5.91 Å². The Labute approximate surface area is 141 Å². The van der Waals surface area contributed by atoms with Crippen LogP contribution in [0.2, 0.25) is 0 Å². The van der Waals surface area contributed by atoms with E-state index < -0.39 is 12.1 Å². The van der Waals surface area contributed by atoms with E-state index in [1.54, 1.807) is 25.4 Å². The fourth-order valence-electron chi connectivity index (χ4n) is 2.59. The van der Waals surface area contributed by atoms with Crippen LogP contribution in [0.3, 0.4) is 0 Å². The first-order chi connectivity index (χ1) is 11.4. The van der Waals surface area contributed by atoms with E-state index in [1.165, 1.54) is 0 Å². The standard InChI is InChI=1S/C17H25N3O4/c1-10(2)4-5-13(19-16(22)12-6-7-18-8-12)17(23)20-15-11(3)24-9-14(15)21/h6-8,10-11,13,15,18H,4-5,9H2,1-3H3,(H,19,22)(H,20,23)/t11-,13-,15-/m0/s1. The number of aromatic nitrogens is 1. The molecule has 1 aliphatic heterocycles. The first kappa shape index (κ1) is 18.2. The third-order valence-electron chi connectivity index (χ3n) is 4.12. The Bertz CT molecular complexity index is 583. The van der Waals surface area contributed by atoms with E-state index in [4.69, 9.17) is 4.74 Å². The van der Waals surface area contributed by atoms with Crippen molar-refractivity contribution in [2.24, 2.45) is 5.92 Å². The Balaban J connectivity index is 2.02. The van der Waals surface area contributed by atoms with Gasteiger partial charge in [0.2, 0.25) is 5.91 Å². The van der Waals surface area contributed by atoms with Crippen LogP contribution in [0.1, 0.15) is 44.0 Å². The third-order valence-corrected chi connectivity index (χ3v) is 4.12. The summed E-state index contributed by atoms with van der Waals surface area (Å²) >= 11 is 0. The number of hydrogen-bond acceptors (Lipinski definition) is 4. The number of rotatable bonds is 7. The van der Waals surface area contributed by atoms with E-state index in [1.807, 2.05) is 0 Å². The van der Waals surface area contributed by atoms with Crippen LogP contribution < -0.4 is 10.6 Å².